The first-order valence-electron chi connectivity index (χ1n) is 8.55. The third-order valence-corrected chi connectivity index (χ3v) is 2.25. The van der Waals surface area contributed by atoms with E-state index in [1.807, 2.05) is 104 Å². The summed E-state index contributed by atoms with van der Waals surface area (Å²) in [7, 11) is 0. The van der Waals surface area contributed by atoms with E-state index in [9.17, 15) is 0 Å². The van der Waals surface area contributed by atoms with Crippen LogP contribution >= 0.6 is 0 Å². The topological polar surface area (TPSA) is 25.8 Å². The lowest BCUT2D eigenvalue weighted by atomic mass is 10.2. The Kier molecular flexibility index (Phi) is 15.7. The van der Waals surface area contributed by atoms with Crippen LogP contribution in [0.5, 0.6) is 0 Å². The molecular weight excluding hydrogens is 268 g/mol. The molecule has 2 nitrogen and oxygen atoms in total. The molecule has 0 unspecified atom stereocenters. The predicted octanol–water partition coefficient (Wildman–Crippen LogP) is 6.89. The molecule has 0 radical (unpaired) electrons. The van der Waals surface area contributed by atoms with Crippen LogP contribution in [0, 0.1) is 0 Å². The fourth-order valence-corrected chi connectivity index (χ4v) is 1.57. The lowest BCUT2D eigenvalue weighted by molar-refractivity contribution is 1.39. The van der Waals surface area contributed by atoms with Crippen LogP contribution in [-0.2, 0) is 0 Å². The molecule has 0 fully saturated rings. The van der Waals surface area contributed by atoms with E-state index < -0.39 is 0 Å². The summed E-state index contributed by atoms with van der Waals surface area (Å²) in [5.41, 5.74) is 3.80. The summed E-state index contributed by atoms with van der Waals surface area (Å²) in [6.45, 7) is 16.0. The van der Waals surface area contributed by atoms with Gasteiger partial charge in [0.2, 0.25) is 0 Å². The van der Waals surface area contributed by atoms with Gasteiger partial charge in [0.05, 0.1) is 22.1 Å². The van der Waals surface area contributed by atoms with Crippen molar-refractivity contribution >= 4 is 22.1 Å². The lowest BCUT2D eigenvalue weighted by Crippen LogP contribution is -1.85. The van der Waals surface area contributed by atoms with Gasteiger partial charge in [-0.2, -0.15) is 0 Å². The minimum absolute atomic E-state index is 0.950. The number of aromatic nitrogens is 2. The molecule has 1 heterocycles. The summed E-state index contributed by atoms with van der Waals surface area (Å²) < 4.78 is 0. The van der Waals surface area contributed by atoms with E-state index in [1.165, 1.54) is 0 Å². The van der Waals surface area contributed by atoms with Crippen molar-refractivity contribution in [1.29, 1.82) is 0 Å². The Morgan fingerprint density at radius 2 is 0.591 bits per heavy atom. The first-order valence-corrected chi connectivity index (χ1v) is 8.55. The Hall–Kier alpha value is -1.96. The fraction of sp³-hybridized carbons (Fsp3) is 0.400. The summed E-state index contributed by atoms with van der Waals surface area (Å²) >= 11 is 0. The van der Waals surface area contributed by atoms with Gasteiger partial charge in [-0.3, -0.25) is 0 Å². The lowest BCUT2D eigenvalue weighted by Gasteiger charge is -1.98. The number of benzene rings is 2. The third kappa shape index (κ3) is 6.66. The molecule has 2 aromatic carbocycles. The maximum atomic E-state index is 4.52. The van der Waals surface area contributed by atoms with Crippen molar-refractivity contribution in [1.82, 2.24) is 9.97 Å². The van der Waals surface area contributed by atoms with Gasteiger partial charge in [-0.05, 0) is 24.3 Å². The molecule has 22 heavy (non-hydrogen) atoms. The average molecular weight is 300 g/mol. The quantitative estimate of drug-likeness (QED) is 0.422. The number of nitrogens with zero attached hydrogens (tertiary/aromatic N) is 2. The number of fused-ring (bicyclic) bond motifs is 2. The Bertz CT molecular complexity index is 498. The van der Waals surface area contributed by atoms with Gasteiger partial charge < -0.3 is 0 Å². The smallest absolute Gasteiger partial charge is 0.0894 e. The zero-order valence-electron chi connectivity index (χ0n) is 15.5. The molecule has 0 atom stereocenters. The highest BCUT2D eigenvalue weighted by Gasteiger charge is 1.98. The zero-order valence-corrected chi connectivity index (χ0v) is 15.5. The second kappa shape index (κ2) is 15.4. The molecule has 0 aliphatic carbocycles. The summed E-state index contributed by atoms with van der Waals surface area (Å²) in [6.07, 6.45) is 0. The minimum atomic E-state index is 0.950. The summed E-state index contributed by atoms with van der Waals surface area (Å²) in [4.78, 5) is 9.03. The van der Waals surface area contributed by atoms with Gasteiger partial charge >= 0.3 is 0 Å². The number of hydrogen-bond acceptors (Lipinski definition) is 2. The summed E-state index contributed by atoms with van der Waals surface area (Å²) in [6, 6.07) is 15.8. The molecule has 0 aliphatic rings. The van der Waals surface area contributed by atoms with Crippen LogP contribution in [0.1, 0.15) is 55.4 Å². The van der Waals surface area contributed by atoms with E-state index in [2.05, 4.69) is 9.97 Å². The number of hydrogen-bond donors (Lipinski definition) is 0. The SMILES string of the molecule is CC.CC.CC.CC.c1ccc2nc3ccccc3nc2c1. The minimum Gasteiger partial charge on any atom is -0.245 e. The molecule has 0 aliphatic heterocycles. The van der Waals surface area contributed by atoms with Crippen molar-refractivity contribution in [3.8, 4) is 0 Å². The average Bonchev–Trinajstić information content (AvgIpc) is 2.66. The molecule has 0 spiro atoms. The van der Waals surface area contributed by atoms with Gasteiger partial charge in [-0.25, -0.2) is 9.97 Å². The molecule has 2 heteroatoms. The van der Waals surface area contributed by atoms with Crippen molar-refractivity contribution in [3.63, 3.8) is 0 Å². The van der Waals surface area contributed by atoms with Gasteiger partial charge in [0.25, 0.3) is 0 Å². The molecule has 3 rings (SSSR count). The Labute approximate surface area is 136 Å². The van der Waals surface area contributed by atoms with Crippen molar-refractivity contribution in [2.75, 3.05) is 0 Å². The molecule has 0 amide bonds. The van der Waals surface area contributed by atoms with E-state index in [0.29, 0.717) is 0 Å². The predicted molar refractivity (Wildman–Crippen MR) is 102 cm³/mol. The van der Waals surface area contributed by atoms with E-state index in [0.717, 1.165) is 22.1 Å². The Balaban J connectivity index is 0. The van der Waals surface area contributed by atoms with E-state index in [-0.39, 0.29) is 0 Å². The van der Waals surface area contributed by atoms with E-state index >= 15 is 0 Å². The zero-order chi connectivity index (χ0) is 17.4. The van der Waals surface area contributed by atoms with Crippen LogP contribution < -0.4 is 0 Å². The molecule has 0 N–H and O–H groups in total. The highest BCUT2D eigenvalue weighted by Crippen LogP contribution is 2.14. The van der Waals surface area contributed by atoms with Gasteiger partial charge in [0.1, 0.15) is 0 Å². The van der Waals surface area contributed by atoms with E-state index in [4.69, 9.17) is 0 Å². The fourth-order valence-electron chi connectivity index (χ4n) is 1.57. The molecular formula is C20H32N2. The number of para-hydroxylation sites is 4. The molecule has 3 aromatic rings. The van der Waals surface area contributed by atoms with Crippen molar-refractivity contribution in [2.24, 2.45) is 0 Å². The van der Waals surface area contributed by atoms with Gasteiger partial charge in [0.15, 0.2) is 0 Å². The van der Waals surface area contributed by atoms with Gasteiger partial charge in [-0.1, -0.05) is 79.7 Å². The van der Waals surface area contributed by atoms with Crippen LogP contribution in [0.15, 0.2) is 48.5 Å². The summed E-state index contributed by atoms with van der Waals surface area (Å²) in [5, 5.41) is 0. The molecule has 0 saturated heterocycles. The van der Waals surface area contributed by atoms with Crippen molar-refractivity contribution in [3.05, 3.63) is 48.5 Å². The highest BCUT2D eigenvalue weighted by molar-refractivity contribution is 5.85. The summed E-state index contributed by atoms with van der Waals surface area (Å²) in [5.74, 6) is 0. The van der Waals surface area contributed by atoms with Gasteiger partial charge in [0, 0.05) is 0 Å². The van der Waals surface area contributed by atoms with Crippen LogP contribution in [-0.4, -0.2) is 9.97 Å². The second-order valence-corrected chi connectivity index (χ2v) is 3.20. The van der Waals surface area contributed by atoms with Crippen molar-refractivity contribution in [2.45, 2.75) is 55.4 Å². The molecule has 0 bridgehead atoms. The Morgan fingerprint density at radius 3 is 0.773 bits per heavy atom. The standard InChI is InChI=1S/C12H8N2.4C2H6/c1-2-6-10-9(5-1)13-11-7-3-4-8-12(11)14-10;4*1-2/h1-8H;4*1-2H3. The van der Waals surface area contributed by atoms with Crippen molar-refractivity contribution < 1.29 is 0 Å². The normalized spacial score (nSPS) is 8.00. The first kappa shape index (κ1) is 22.3. The molecule has 0 saturated carbocycles. The van der Waals surface area contributed by atoms with Crippen LogP contribution in [0.2, 0.25) is 0 Å². The maximum Gasteiger partial charge on any atom is 0.0894 e. The van der Waals surface area contributed by atoms with Crippen LogP contribution in [0.4, 0.5) is 0 Å². The highest BCUT2D eigenvalue weighted by atomic mass is 14.8. The van der Waals surface area contributed by atoms with Crippen LogP contribution in [0.3, 0.4) is 0 Å². The first-order chi connectivity index (χ1) is 10.9. The van der Waals surface area contributed by atoms with Crippen LogP contribution in [0.25, 0.3) is 22.1 Å². The maximum absolute atomic E-state index is 4.52. The van der Waals surface area contributed by atoms with E-state index in [1.54, 1.807) is 0 Å². The monoisotopic (exact) mass is 300 g/mol. The second-order valence-electron chi connectivity index (χ2n) is 3.20. The number of rotatable bonds is 0. The third-order valence-electron chi connectivity index (χ3n) is 2.25. The largest absolute Gasteiger partial charge is 0.245 e. The Morgan fingerprint density at radius 1 is 0.409 bits per heavy atom. The molecule has 1 aromatic heterocycles. The molecule has 122 valence electrons. The van der Waals surface area contributed by atoms with Gasteiger partial charge in [-0.15, -0.1) is 0 Å².